The van der Waals surface area contributed by atoms with Crippen LogP contribution in [0.25, 0.3) is 11.3 Å². The zero-order valence-electron chi connectivity index (χ0n) is 8.98. The molecule has 19 heavy (non-hydrogen) atoms. The summed E-state index contributed by atoms with van der Waals surface area (Å²) in [5.41, 5.74) is -1.74. The van der Waals surface area contributed by atoms with Gasteiger partial charge in [-0.25, -0.2) is 0 Å². The van der Waals surface area contributed by atoms with Crippen LogP contribution in [0.2, 0.25) is 0 Å². The molecule has 2 aromatic heterocycles. The van der Waals surface area contributed by atoms with Crippen molar-refractivity contribution in [3.8, 4) is 11.3 Å². The van der Waals surface area contributed by atoms with Crippen LogP contribution in [0.4, 0.5) is 17.1 Å². The summed E-state index contributed by atoms with van der Waals surface area (Å²) < 4.78 is 76.3. The summed E-state index contributed by atoms with van der Waals surface area (Å²) in [7, 11) is -5.17. The van der Waals surface area contributed by atoms with Crippen molar-refractivity contribution in [2.75, 3.05) is 0 Å². The van der Waals surface area contributed by atoms with E-state index in [0.717, 1.165) is 18.5 Å². The van der Waals surface area contributed by atoms with Gasteiger partial charge in [0.2, 0.25) is 0 Å². The third kappa shape index (κ3) is 2.75. The molecule has 0 aromatic carbocycles. The lowest BCUT2D eigenvalue weighted by molar-refractivity contribution is -0.137. The molecule has 0 radical (unpaired) electrons. The molecule has 2 rings (SSSR count). The van der Waals surface area contributed by atoms with Gasteiger partial charge in [0.05, 0.1) is 23.1 Å². The van der Waals surface area contributed by atoms with Crippen molar-refractivity contribution in [3.63, 3.8) is 0 Å². The van der Waals surface area contributed by atoms with Gasteiger partial charge in [0.1, 0.15) is 0 Å². The topological polar surface area (TPSA) is 60.2 Å². The van der Waals surface area contributed by atoms with Gasteiger partial charge < -0.3 is 4.42 Å². The maximum atomic E-state index is 12.9. The second-order valence-corrected chi connectivity index (χ2v) is 4.73. The highest BCUT2D eigenvalue weighted by Crippen LogP contribution is 2.33. The maximum absolute atomic E-state index is 12.9. The highest BCUT2D eigenvalue weighted by Gasteiger charge is 2.32. The maximum Gasteiger partial charge on any atom is 0.416 e. The summed E-state index contributed by atoms with van der Waals surface area (Å²) in [5, 5.41) is -1.07. The fourth-order valence-electron chi connectivity index (χ4n) is 1.43. The Kier molecular flexibility index (Phi) is 3.09. The third-order valence-electron chi connectivity index (χ3n) is 2.21. The average Bonchev–Trinajstić information content (AvgIpc) is 2.76. The average molecular weight is 295 g/mol. The van der Waals surface area contributed by atoms with Gasteiger partial charge in [-0.3, -0.25) is 4.98 Å². The first-order valence-corrected chi connectivity index (χ1v) is 6.14. The molecule has 9 heteroatoms. The van der Waals surface area contributed by atoms with Crippen LogP contribution in [0.5, 0.6) is 0 Å². The van der Waals surface area contributed by atoms with Gasteiger partial charge >= 0.3 is 16.4 Å². The SMILES string of the molecule is O=S(=O)(F)c1occc1-c1cc(C(F)(F)F)ccn1. The fraction of sp³-hybridized carbons (Fsp3) is 0.100. The molecule has 2 heterocycles. The van der Waals surface area contributed by atoms with Crippen LogP contribution in [0, 0.1) is 0 Å². The quantitative estimate of drug-likeness (QED) is 0.631. The van der Waals surface area contributed by atoms with Gasteiger partial charge in [0.15, 0.2) is 0 Å². The number of hydrogen-bond acceptors (Lipinski definition) is 4. The molecule has 0 atom stereocenters. The Balaban J connectivity index is 2.59. The van der Waals surface area contributed by atoms with Crippen LogP contribution < -0.4 is 0 Å². The molecular formula is C10H5F4NO3S. The molecule has 0 aliphatic rings. The molecule has 102 valence electrons. The lowest BCUT2D eigenvalue weighted by Gasteiger charge is -2.07. The number of alkyl halides is 3. The van der Waals surface area contributed by atoms with Crippen molar-refractivity contribution >= 4 is 10.2 Å². The predicted molar refractivity (Wildman–Crippen MR) is 55.2 cm³/mol. The van der Waals surface area contributed by atoms with Gasteiger partial charge in [0.25, 0.3) is 5.09 Å². The summed E-state index contributed by atoms with van der Waals surface area (Å²) in [6, 6.07) is 2.35. The number of nitrogens with zero attached hydrogens (tertiary/aromatic N) is 1. The molecule has 0 amide bonds. The zero-order valence-corrected chi connectivity index (χ0v) is 9.80. The molecule has 0 unspecified atom stereocenters. The number of furan rings is 1. The summed E-state index contributed by atoms with van der Waals surface area (Å²) in [4.78, 5) is 3.58. The van der Waals surface area contributed by atoms with Crippen LogP contribution >= 0.6 is 0 Å². The van der Waals surface area contributed by atoms with Crippen LogP contribution in [-0.4, -0.2) is 13.4 Å². The van der Waals surface area contributed by atoms with E-state index >= 15 is 0 Å². The number of halogens is 4. The minimum Gasteiger partial charge on any atom is -0.450 e. The Morgan fingerprint density at radius 2 is 1.89 bits per heavy atom. The van der Waals surface area contributed by atoms with Gasteiger partial charge in [0, 0.05) is 6.20 Å². The minimum atomic E-state index is -5.17. The standard InChI is InChI=1S/C10H5F4NO3S/c11-10(12,13)6-1-3-15-8(5-6)7-2-4-18-9(7)19(14,16)17/h1-5H. The Hall–Kier alpha value is -1.90. The molecule has 0 fully saturated rings. The van der Waals surface area contributed by atoms with E-state index in [2.05, 4.69) is 9.40 Å². The highest BCUT2D eigenvalue weighted by atomic mass is 32.3. The van der Waals surface area contributed by atoms with Crippen molar-refractivity contribution in [2.24, 2.45) is 0 Å². The van der Waals surface area contributed by atoms with Crippen LogP contribution in [-0.2, 0) is 16.4 Å². The van der Waals surface area contributed by atoms with E-state index in [1.54, 1.807) is 0 Å². The van der Waals surface area contributed by atoms with Crippen molar-refractivity contribution in [1.82, 2.24) is 4.98 Å². The van der Waals surface area contributed by atoms with Gasteiger partial charge in [-0.2, -0.15) is 21.6 Å². The molecule has 0 spiro atoms. The second kappa shape index (κ2) is 4.34. The summed E-state index contributed by atoms with van der Waals surface area (Å²) >= 11 is 0. The number of pyridine rings is 1. The molecule has 2 aromatic rings. The lowest BCUT2D eigenvalue weighted by Crippen LogP contribution is -2.05. The van der Waals surface area contributed by atoms with Crippen molar-refractivity contribution in [3.05, 3.63) is 36.2 Å². The summed E-state index contributed by atoms with van der Waals surface area (Å²) in [6.45, 7) is 0. The van der Waals surface area contributed by atoms with E-state index in [9.17, 15) is 25.5 Å². The van der Waals surface area contributed by atoms with Crippen LogP contribution in [0.15, 0.2) is 40.2 Å². The van der Waals surface area contributed by atoms with Gasteiger partial charge in [-0.05, 0) is 18.2 Å². The third-order valence-corrected chi connectivity index (χ3v) is 2.97. The molecular weight excluding hydrogens is 290 g/mol. The molecule has 0 bridgehead atoms. The molecule has 0 saturated carbocycles. The molecule has 0 N–H and O–H groups in total. The monoisotopic (exact) mass is 295 g/mol. The normalized spacial score (nSPS) is 12.6. The Bertz CT molecular complexity index is 706. The van der Waals surface area contributed by atoms with Gasteiger partial charge in [-0.15, -0.1) is 0 Å². The fourth-order valence-corrected chi connectivity index (χ4v) is 2.03. The van der Waals surface area contributed by atoms with E-state index in [4.69, 9.17) is 0 Å². The van der Waals surface area contributed by atoms with Crippen LogP contribution in [0.3, 0.4) is 0 Å². The number of aromatic nitrogens is 1. The largest absolute Gasteiger partial charge is 0.450 e. The van der Waals surface area contributed by atoms with Crippen LogP contribution in [0.1, 0.15) is 5.56 Å². The van der Waals surface area contributed by atoms with E-state index in [0.29, 0.717) is 12.1 Å². The van der Waals surface area contributed by atoms with Crippen molar-refractivity contribution in [2.45, 2.75) is 11.3 Å². The predicted octanol–water partition coefficient (Wildman–Crippen LogP) is 3.02. The smallest absolute Gasteiger partial charge is 0.416 e. The molecule has 4 nitrogen and oxygen atoms in total. The van der Waals surface area contributed by atoms with E-state index in [1.165, 1.54) is 0 Å². The number of hydrogen-bond donors (Lipinski definition) is 0. The Labute approximate surface area is 104 Å². The zero-order chi connectivity index (χ0) is 14.3. The molecule has 0 aliphatic heterocycles. The first kappa shape index (κ1) is 13.5. The van der Waals surface area contributed by atoms with Gasteiger partial charge in [-0.1, -0.05) is 3.89 Å². The van der Waals surface area contributed by atoms with E-state index < -0.39 is 27.1 Å². The van der Waals surface area contributed by atoms with Crippen molar-refractivity contribution in [1.29, 1.82) is 0 Å². The second-order valence-electron chi connectivity index (χ2n) is 3.49. The molecule has 0 aliphatic carbocycles. The summed E-state index contributed by atoms with van der Waals surface area (Å²) in [5.74, 6) is 0. The minimum absolute atomic E-state index is 0.347. The number of rotatable bonds is 2. The van der Waals surface area contributed by atoms with E-state index in [-0.39, 0.29) is 11.3 Å². The summed E-state index contributed by atoms with van der Waals surface area (Å²) in [6.07, 6.45) is -2.92. The van der Waals surface area contributed by atoms with Crippen molar-refractivity contribution < 1.29 is 29.9 Å². The first-order valence-electron chi connectivity index (χ1n) is 4.75. The highest BCUT2D eigenvalue weighted by molar-refractivity contribution is 7.86. The first-order chi connectivity index (χ1) is 8.69. The Morgan fingerprint density at radius 3 is 2.47 bits per heavy atom. The Morgan fingerprint density at radius 1 is 1.21 bits per heavy atom. The lowest BCUT2D eigenvalue weighted by atomic mass is 10.1. The van der Waals surface area contributed by atoms with E-state index in [1.807, 2.05) is 0 Å². The molecule has 0 saturated heterocycles.